The fourth-order valence-corrected chi connectivity index (χ4v) is 5.06. The topological polar surface area (TPSA) is 66.6 Å². The molecule has 4 atom stereocenters. The molecule has 2 saturated heterocycles. The Labute approximate surface area is 149 Å². The Morgan fingerprint density at radius 2 is 1.92 bits per heavy atom. The Balaban J connectivity index is 1.54. The molecule has 2 amide bonds. The molecule has 0 spiro atoms. The van der Waals surface area contributed by atoms with Gasteiger partial charge in [0.2, 0.25) is 5.91 Å². The summed E-state index contributed by atoms with van der Waals surface area (Å²) in [5.74, 6) is 1.05. The first-order valence-electron chi connectivity index (χ1n) is 9.42. The van der Waals surface area contributed by atoms with Gasteiger partial charge in [0, 0.05) is 31.2 Å². The van der Waals surface area contributed by atoms with E-state index in [2.05, 4.69) is 0 Å². The summed E-state index contributed by atoms with van der Waals surface area (Å²) < 4.78 is 0. The summed E-state index contributed by atoms with van der Waals surface area (Å²) >= 11 is 0. The lowest BCUT2D eigenvalue weighted by molar-refractivity contribution is -0.140. The average Bonchev–Trinajstić information content (AvgIpc) is 3.31. The summed E-state index contributed by atoms with van der Waals surface area (Å²) in [5.41, 5.74) is 6.15. The van der Waals surface area contributed by atoms with Gasteiger partial charge < -0.3 is 15.5 Å². The minimum absolute atomic E-state index is 0.0370. The third-order valence-corrected chi connectivity index (χ3v) is 6.57. The van der Waals surface area contributed by atoms with E-state index in [1.165, 1.54) is 0 Å². The Morgan fingerprint density at radius 3 is 2.64 bits per heavy atom. The van der Waals surface area contributed by atoms with Crippen LogP contribution in [0.2, 0.25) is 0 Å². The van der Waals surface area contributed by atoms with Crippen molar-refractivity contribution in [3.05, 3.63) is 35.9 Å². The van der Waals surface area contributed by atoms with E-state index in [1.807, 2.05) is 42.2 Å². The van der Waals surface area contributed by atoms with Crippen molar-refractivity contribution >= 4 is 11.8 Å². The van der Waals surface area contributed by atoms with Gasteiger partial charge in [0.15, 0.2) is 0 Å². The molecule has 5 nitrogen and oxygen atoms in total. The normalized spacial score (nSPS) is 34.4. The van der Waals surface area contributed by atoms with E-state index in [0.29, 0.717) is 23.9 Å². The molecule has 1 saturated carbocycles. The number of hydrogen-bond donors (Lipinski definition) is 1. The first kappa shape index (κ1) is 16.6. The molecule has 1 aromatic carbocycles. The van der Waals surface area contributed by atoms with Crippen molar-refractivity contribution in [3.63, 3.8) is 0 Å². The van der Waals surface area contributed by atoms with Crippen molar-refractivity contribution in [3.8, 4) is 0 Å². The summed E-state index contributed by atoms with van der Waals surface area (Å²) in [5, 5.41) is 0. The summed E-state index contributed by atoms with van der Waals surface area (Å²) in [6.07, 6.45) is 3.82. The predicted molar refractivity (Wildman–Crippen MR) is 95.9 cm³/mol. The Morgan fingerprint density at radius 1 is 1.16 bits per heavy atom. The molecular weight excluding hydrogens is 314 g/mol. The fraction of sp³-hybridized carbons (Fsp3) is 0.600. The number of amides is 2. The molecule has 5 heteroatoms. The van der Waals surface area contributed by atoms with Crippen LogP contribution in [0.3, 0.4) is 0 Å². The van der Waals surface area contributed by atoms with E-state index >= 15 is 0 Å². The van der Waals surface area contributed by atoms with E-state index in [0.717, 1.165) is 38.8 Å². The average molecular weight is 341 g/mol. The minimum Gasteiger partial charge on any atom is -0.340 e. The third-order valence-electron chi connectivity index (χ3n) is 6.57. The molecule has 25 heavy (non-hydrogen) atoms. The lowest BCUT2D eigenvalue weighted by Gasteiger charge is -2.37. The third kappa shape index (κ3) is 2.65. The van der Waals surface area contributed by atoms with E-state index in [1.54, 1.807) is 4.90 Å². The highest BCUT2D eigenvalue weighted by Crippen LogP contribution is 2.40. The number of benzene rings is 1. The predicted octanol–water partition coefficient (Wildman–Crippen LogP) is 1.88. The van der Waals surface area contributed by atoms with Crippen LogP contribution in [-0.4, -0.2) is 52.8 Å². The number of fused-ring (bicyclic) bond motifs is 1. The first-order chi connectivity index (χ1) is 12.0. The molecule has 0 aromatic heterocycles. The highest BCUT2D eigenvalue weighted by atomic mass is 16.2. The zero-order valence-corrected chi connectivity index (χ0v) is 14.9. The number of hydrogen-bond acceptors (Lipinski definition) is 3. The molecule has 1 aromatic rings. The van der Waals surface area contributed by atoms with Gasteiger partial charge in [-0.15, -0.1) is 0 Å². The van der Waals surface area contributed by atoms with Crippen LogP contribution in [0.15, 0.2) is 30.3 Å². The Bertz CT molecular complexity index is 677. The molecular formula is C20H27N3O2. The molecule has 2 N–H and O–H groups in total. The maximum absolute atomic E-state index is 13.3. The van der Waals surface area contributed by atoms with Gasteiger partial charge in [0.25, 0.3) is 5.91 Å². The number of carbonyl (C=O) groups excluding carboxylic acids is 2. The van der Waals surface area contributed by atoms with Crippen molar-refractivity contribution in [2.75, 3.05) is 19.6 Å². The van der Waals surface area contributed by atoms with Gasteiger partial charge in [-0.3, -0.25) is 9.59 Å². The molecule has 134 valence electrons. The van der Waals surface area contributed by atoms with E-state index in [4.69, 9.17) is 5.73 Å². The molecule has 0 radical (unpaired) electrons. The lowest BCUT2D eigenvalue weighted by Crippen LogP contribution is -2.56. The molecule has 1 aliphatic carbocycles. The second-order valence-corrected chi connectivity index (χ2v) is 8.08. The number of likely N-dealkylation sites (tertiary alicyclic amines) is 2. The second kappa shape index (κ2) is 6.13. The molecule has 3 aliphatic rings. The zero-order chi connectivity index (χ0) is 17.6. The standard InChI is InChI=1S/C20H27N3O2/c1-20(19(25)22-12-15-8-9-17(21)16(15)13-22)10-5-11-23(20)18(24)14-6-3-2-4-7-14/h2-4,6-7,15-17H,5,8-13,21H2,1H3. The summed E-state index contributed by atoms with van der Waals surface area (Å²) in [7, 11) is 0. The van der Waals surface area contributed by atoms with Crippen molar-refractivity contribution < 1.29 is 9.59 Å². The zero-order valence-electron chi connectivity index (χ0n) is 14.9. The highest BCUT2D eigenvalue weighted by molar-refractivity contribution is 5.99. The van der Waals surface area contributed by atoms with Crippen LogP contribution >= 0.6 is 0 Å². The molecule has 0 bridgehead atoms. The largest absolute Gasteiger partial charge is 0.340 e. The fourth-order valence-electron chi connectivity index (χ4n) is 5.06. The monoisotopic (exact) mass is 341 g/mol. The SMILES string of the molecule is CC1(C(=O)N2CC3CCC(N)C3C2)CCCN1C(=O)c1ccccc1. The van der Waals surface area contributed by atoms with Crippen LogP contribution < -0.4 is 5.73 Å². The molecule has 4 unspecified atom stereocenters. The maximum Gasteiger partial charge on any atom is 0.254 e. The van der Waals surface area contributed by atoms with Gasteiger partial charge in [-0.05, 0) is 56.6 Å². The quantitative estimate of drug-likeness (QED) is 0.893. The summed E-state index contributed by atoms with van der Waals surface area (Å²) in [6.45, 7) is 4.15. The van der Waals surface area contributed by atoms with Gasteiger partial charge in [-0.2, -0.15) is 0 Å². The highest BCUT2D eigenvalue weighted by Gasteiger charge is 2.51. The number of rotatable bonds is 2. The van der Waals surface area contributed by atoms with Gasteiger partial charge in [-0.25, -0.2) is 0 Å². The lowest BCUT2D eigenvalue weighted by atomic mass is 9.96. The smallest absolute Gasteiger partial charge is 0.254 e. The number of carbonyl (C=O) groups is 2. The molecule has 2 heterocycles. The van der Waals surface area contributed by atoms with Gasteiger partial charge in [0.05, 0.1) is 0 Å². The molecule has 3 fully saturated rings. The Kier molecular flexibility index (Phi) is 4.07. The minimum atomic E-state index is -0.727. The van der Waals surface area contributed by atoms with Crippen LogP contribution in [0.4, 0.5) is 0 Å². The van der Waals surface area contributed by atoms with Crippen LogP contribution in [0.25, 0.3) is 0 Å². The number of nitrogens with two attached hydrogens (primary N) is 1. The van der Waals surface area contributed by atoms with Crippen molar-refractivity contribution in [1.82, 2.24) is 9.80 Å². The van der Waals surface area contributed by atoms with Crippen LogP contribution in [0, 0.1) is 11.8 Å². The van der Waals surface area contributed by atoms with Crippen molar-refractivity contribution in [2.45, 2.75) is 44.2 Å². The van der Waals surface area contributed by atoms with Gasteiger partial charge in [-0.1, -0.05) is 18.2 Å². The van der Waals surface area contributed by atoms with Crippen LogP contribution in [0.1, 0.15) is 43.0 Å². The van der Waals surface area contributed by atoms with Crippen molar-refractivity contribution in [2.24, 2.45) is 17.6 Å². The molecule has 4 rings (SSSR count). The molecule has 2 aliphatic heterocycles. The first-order valence-corrected chi connectivity index (χ1v) is 9.42. The Hall–Kier alpha value is -1.88. The maximum atomic E-state index is 13.3. The summed E-state index contributed by atoms with van der Waals surface area (Å²) in [4.78, 5) is 30.1. The van der Waals surface area contributed by atoms with Gasteiger partial charge >= 0.3 is 0 Å². The van der Waals surface area contributed by atoms with Crippen LogP contribution in [0.5, 0.6) is 0 Å². The van der Waals surface area contributed by atoms with Crippen molar-refractivity contribution in [1.29, 1.82) is 0 Å². The number of nitrogens with zero attached hydrogens (tertiary/aromatic N) is 2. The van der Waals surface area contributed by atoms with E-state index in [-0.39, 0.29) is 17.9 Å². The summed E-state index contributed by atoms with van der Waals surface area (Å²) in [6, 6.07) is 9.51. The van der Waals surface area contributed by atoms with Gasteiger partial charge in [0.1, 0.15) is 5.54 Å². The van der Waals surface area contributed by atoms with E-state index in [9.17, 15) is 9.59 Å². The van der Waals surface area contributed by atoms with Crippen LogP contribution in [-0.2, 0) is 4.79 Å². The van der Waals surface area contributed by atoms with E-state index < -0.39 is 5.54 Å². The second-order valence-electron chi connectivity index (χ2n) is 8.08.